The third-order valence-corrected chi connectivity index (χ3v) is 2.20. The average Bonchev–Trinajstić information content (AvgIpc) is 2.00. The Labute approximate surface area is 65.3 Å². The monoisotopic (exact) mass is 181 g/mol. The number of hydrogen-bond donors (Lipinski definition) is 2. The summed E-state index contributed by atoms with van der Waals surface area (Å²) in [7, 11) is -3.02. The van der Waals surface area contributed by atoms with E-state index in [4.69, 9.17) is 4.89 Å². The second-order valence-electron chi connectivity index (χ2n) is 1.93. The normalized spacial score (nSPS) is 15.5. The van der Waals surface area contributed by atoms with Gasteiger partial charge in [0.05, 0.1) is 0 Å². The van der Waals surface area contributed by atoms with Gasteiger partial charge in [-0.3, -0.25) is 4.79 Å². The predicted octanol–water partition coefficient (Wildman–Crippen LogP) is 0.938. The fourth-order valence-electron chi connectivity index (χ4n) is 0.415. The van der Waals surface area contributed by atoms with Gasteiger partial charge in [0.25, 0.3) is 0 Å². The van der Waals surface area contributed by atoms with E-state index in [0.717, 1.165) is 13.5 Å². The Morgan fingerprint density at radius 1 is 1.73 bits per heavy atom. The highest BCUT2D eigenvalue weighted by Crippen LogP contribution is 2.40. The van der Waals surface area contributed by atoms with E-state index in [9.17, 15) is 9.36 Å². The number of rotatable bonds is 4. The largest absolute Gasteiger partial charge is 0.415 e. The molecule has 0 aromatic rings. The Kier molecular flexibility index (Phi) is 4.33. The molecule has 1 atom stereocenters. The highest BCUT2D eigenvalue weighted by molar-refractivity contribution is 7.70. The van der Waals surface area contributed by atoms with Crippen molar-refractivity contribution in [2.75, 3.05) is 13.7 Å². The van der Waals surface area contributed by atoms with Crippen LogP contribution < -0.4 is 5.32 Å². The van der Waals surface area contributed by atoms with Crippen LogP contribution in [0.1, 0.15) is 13.3 Å². The van der Waals surface area contributed by atoms with Crippen molar-refractivity contribution in [3.8, 4) is 0 Å². The maximum atomic E-state index is 10.7. The molecule has 0 radical (unpaired) electrons. The third kappa shape index (κ3) is 3.51. The van der Waals surface area contributed by atoms with Crippen LogP contribution in [0.15, 0.2) is 0 Å². The minimum absolute atomic E-state index is 0.382. The van der Waals surface area contributed by atoms with Gasteiger partial charge in [0.2, 0.25) is 0 Å². The van der Waals surface area contributed by atoms with Crippen molar-refractivity contribution in [1.82, 2.24) is 5.32 Å². The Hall–Kier alpha value is -0.380. The molecule has 0 aliphatic carbocycles. The van der Waals surface area contributed by atoms with Crippen LogP contribution in [0.25, 0.3) is 0 Å². The molecule has 66 valence electrons. The molecule has 0 saturated heterocycles. The summed E-state index contributed by atoms with van der Waals surface area (Å²) in [6.45, 7) is 2.22. The van der Waals surface area contributed by atoms with Crippen LogP contribution >= 0.6 is 7.60 Å². The van der Waals surface area contributed by atoms with E-state index in [1.807, 2.05) is 6.92 Å². The molecule has 1 amide bonds. The SMILES string of the molecule is CCCNC(=O)P(=O)(O)OC. The fraction of sp³-hybridized carbons (Fsp3) is 0.800. The summed E-state index contributed by atoms with van der Waals surface area (Å²) in [5.41, 5.74) is -0.943. The lowest BCUT2D eigenvalue weighted by atomic mass is 10.5. The first kappa shape index (κ1) is 10.6. The molecular formula is C5H12NO4P. The van der Waals surface area contributed by atoms with Gasteiger partial charge in [0.1, 0.15) is 0 Å². The maximum absolute atomic E-state index is 10.7. The highest BCUT2D eigenvalue weighted by atomic mass is 31.2. The Bertz CT molecular complexity index is 181. The number of carbonyl (C=O) groups excluding carboxylic acids is 1. The Morgan fingerprint density at radius 2 is 2.27 bits per heavy atom. The molecule has 0 spiro atoms. The van der Waals surface area contributed by atoms with Gasteiger partial charge in [0, 0.05) is 13.7 Å². The zero-order valence-corrected chi connectivity index (χ0v) is 7.43. The molecule has 6 heteroatoms. The molecule has 0 rings (SSSR count). The van der Waals surface area contributed by atoms with Gasteiger partial charge in [-0.2, -0.15) is 0 Å². The van der Waals surface area contributed by atoms with Crippen LogP contribution in [0, 0.1) is 0 Å². The number of hydrogen-bond acceptors (Lipinski definition) is 3. The van der Waals surface area contributed by atoms with Crippen LogP contribution in [0.3, 0.4) is 0 Å². The molecule has 0 aliphatic rings. The zero-order valence-electron chi connectivity index (χ0n) is 6.53. The molecule has 0 heterocycles. The van der Waals surface area contributed by atoms with E-state index >= 15 is 0 Å². The second-order valence-corrected chi connectivity index (χ2v) is 3.75. The molecule has 0 aromatic carbocycles. The lowest BCUT2D eigenvalue weighted by Gasteiger charge is -2.07. The molecule has 0 saturated carbocycles. The van der Waals surface area contributed by atoms with Crippen molar-refractivity contribution < 1.29 is 18.8 Å². The maximum Gasteiger partial charge on any atom is 0.415 e. The number of amides is 1. The van der Waals surface area contributed by atoms with Crippen molar-refractivity contribution in [1.29, 1.82) is 0 Å². The summed E-state index contributed by atoms with van der Waals surface area (Å²) >= 11 is 0. The van der Waals surface area contributed by atoms with Crippen LogP contribution in [0.5, 0.6) is 0 Å². The van der Waals surface area contributed by atoms with Gasteiger partial charge < -0.3 is 14.7 Å². The van der Waals surface area contributed by atoms with E-state index in [-0.39, 0.29) is 0 Å². The topological polar surface area (TPSA) is 75.6 Å². The Morgan fingerprint density at radius 3 is 2.64 bits per heavy atom. The van der Waals surface area contributed by atoms with Crippen molar-refractivity contribution >= 4 is 13.2 Å². The number of nitrogens with one attached hydrogen (secondary N) is 1. The predicted molar refractivity (Wildman–Crippen MR) is 40.5 cm³/mol. The van der Waals surface area contributed by atoms with Crippen molar-refractivity contribution in [2.45, 2.75) is 13.3 Å². The van der Waals surface area contributed by atoms with Crippen LogP contribution in [-0.2, 0) is 9.09 Å². The smallest absolute Gasteiger partial charge is 0.346 e. The first-order valence-electron chi connectivity index (χ1n) is 3.21. The lowest BCUT2D eigenvalue weighted by Crippen LogP contribution is -2.22. The standard InChI is InChI=1S/C5H12NO4P/c1-3-4-6-5(7)11(8,9)10-2/h3-4H2,1-2H3,(H,6,7)(H,8,9). The van der Waals surface area contributed by atoms with Gasteiger partial charge in [0.15, 0.2) is 0 Å². The Balaban J connectivity index is 3.93. The second kappa shape index (κ2) is 4.49. The molecule has 2 N–H and O–H groups in total. The average molecular weight is 181 g/mol. The van der Waals surface area contributed by atoms with Crippen molar-refractivity contribution in [3.05, 3.63) is 0 Å². The van der Waals surface area contributed by atoms with Gasteiger partial charge in [-0.05, 0) is 6.42 Å². The first-order chi connectivity index (χ1) is 5.04. The minimum atomic E-state index is -4.04. The van der Waals surface area contributed by atoms with Crippen LogP contribution in [-0.4, -0.2) is 24.2 Å². The first-order valence-corrected chi connectivity index (χ1v) is 4.79. The highest BCUT2D eigenvalue weighted by Gasteiger charge is 2.27. The minimum Gasteiger partial charge on any atom is -0.346 e. The van der Waals surface area contributed by atoms with E-state index in [2.05, 4.69) is 9.84 Å². The molecule has 0 fully saturated rings. The van der Waals surface area contributed by atoms with Crippen molar-refractivity contribution in [3.63, 3.8) is 0 Å². The summed E-state index contributed by atoms with van der Waals surface area (Å²) in [5.74, 6) is 0. The quantitative estimate of drug-likeness (QED) is 0.633. The van der Waals surface area contributed by atoms with Crippen LogP contribution in [0.2, 0.25) is 0 Å². The molecule has 0 bridgehead atoms. The van der Waals surface area contributed by atoms with E-state index < -0.39 is 13.2 Å². The summed E-state index contributed by atoms with van der Waals surface area (Å²) in [6, 6.07) is 0. The summed E-state index contributed by atoms with van der Waals surface area (Å²) in [5, 5.41) is 2.25. The van der Waals surface area contributed by atoms with Gasteiger partial charge in [-0.25, -0.2) is 4.57 Å². The molecule has 0 aliphatic heterocycles. The van der Waals surface area contributed by atoms with Crippen LogP contribution in [0.4, 0.5) is 4.79 Å². The molecule has 5 nitrogen and oxygen atoms in total. The van der Waals surface area contributed by atoms with E-state index in [0.29, 0.717) is 6.54 Å². The molecular weight excluding hydrogens is 169 g/mol. The molecule has 1 unspecified atom stereocenters. The van der Waals surface area contributed by atoms with Crippen molar-refractivity contribution in [2.24, 2.45) is 0 Å². The summed E-state index contributed by atoms with van der Waals surface area (Å²) in [6.07, 6.45) is 0.718. The van der Waals surface area contributed by atoms with Gasteiger partial charge in [-0.1, -0.05) is 6.92 Å². The lowest BCUT2D eigenvalue weighted by molar-refractivity contribution is 0.243. The van der Waals surface area contributed by atoms with Gasteiger partial charge >= 0.3 is 13.2 Å². The molecule has 11 heavy (non-hydrogen) atoms. The summed E-state index contributed by atoms with van der Waals surface area (Å²) in [4.78, 5) is 19.4. The van der Waals surface area contributed by atoms with Gasteiger partial charge in [-0.15, -0.1) is 0 Å². The summed E-state index contributed by atoms with van der Waals surface area (Å²) < 4.78 is 14.8. The molecule has 0 aromatic heterocycles. The van der Waals surface area contributed by atoms with E-state index in [1.54, 1.807) is 0 Å². The zero-order chi connectivity index (χ0) is 8.91. The number of carbonyl (C=O) groups is 1. The third-order valence-electron chi connectivity index (χ3n) is 1.03. The fourth-order valence-corrected chi connectivity index (χ4v) is 0.892. The van der Waals surface area contributed by atoms with E-state index in [1.165, 1.54) is 0 Å².